The van der Waals surface area contributed by atoms with Crippen LogP contribution in [0.25, 0.3) is 0 Å². The second-order valence-electron chi connectivity index (χ2n) is 9.03. The number of likely N-dealkylation sites (N-methyl/N-ethyl adjacent to an activating group) is 1. The maximum atomic E-state index is 12.6. The summed E-state index contributed by atoms with van der Waals surface area (Å²) in [5.74, 6) is 0.144. The van der Waals surface area contributed by atoms with Crippen molar-refractivity contribution in [3.05, 3.63) is 0 Å². The van der Waals surface area contributed by atoms with Crippen LogP contribution in [0, 0.1) is 0 Å². The molecule has 4 heterocycles. The van der Waals surface area contributed by atoms with Crippen LogP contribution in [0.1, 0.15) is 26.2 Å². The lowest BCUT2D eigenvalue weighted by molar-refractivity contribution is -0.138. The van der Waals surface area contributed by atoms with Gasteiger partial charge in [0.2, 0.25) is 5.91 Å². The van der Waals surface area contributed by atoms with Crippen molar-refractivity contribution in [2.75, 3.05) is 85.1 Å². The zero-order valence-electron chi connectivity index (χ0n) is 18.3. The largest absolute Gasteiger partial charge is 0.441 e. The molecule has 4 aliphatic heterocycles. The summed E-state index contributed by atoms with van der Waals surface area (Å²) in [4.78, 5) is 33.8. The molecule has 170 valence electrons. The Balaban J connectivity index is 1.20. The number of likely N-dealkylation sites (tertiary alicyclic amines) is 1. The minimum Gasteiger partial charge on any atom is -0.441 e. The number of carbonyl (C=O) groups excluding carboxylic acids is 2. The van der Waals surface area contributed by atoms with E-state index in [4.69, 9.17) is 9.47 Å². The molecule has 0 aromatic rings. The predicted octanol–water partition coefficient (Wildman–Crippen LogP) is -0.184. The highest BCUT2D eigenvalue weighted by molar-refractivity contribution is 5.77. The zero-order chi connectivity index (χ0) is 21.0. The van der Waals surface area contributed by atoms with Gasteiger partial charge in [-0.05, 0) is 6.54 Å². The van der Waals surface area contributed by atoms with E-state index in [-0.39, 0.29) is 18.1 Å². The molecule has 1 N–H and O–H groups in total. The number of piperazine rings is 1. The van der Waals surface area contributed by atoms with Crippen molar-refractivity contribution in [3.8, 4) is 0 Å². The van der Waals surface area contributed by atoms with Crippen LogP contribution in [-0.4, -0.2) is 128 Å². The van der Waals surface area contributed by atoms with E-state index >= 15 is 0 Å². The lowest BCUT2D eigenvalue weighted by Gasteiger charge is -2.38. The van der Waals surface area contributed by atoms with Gasteiger partial charge in [-0.15, -0.1) is 0 Å². The van der Waals surface area contributed by atoms with Crippen molar-refractivity contribution in [2.45, 2.75) is 37.9 Å². The Morgan fingerprint density at radius 3 is 2.50 bits per heavy atom. The van der Waals surface area contributed by atoms with E-state index in [1.54, 1.807) is 0 Å². The van der Waals surface area contributed by atoms with Crippen LogP contribution >= 0.6 is 0 Å². The number of carbonyl (C=O) groups is 2. The molecule has 4 fully saturated rings. The molecule has 1 atom stereocenters. The van der Waals surface area contributed by atoms with Gasteiger partial charge in [0.25, 0.3) is 0 Å². The molecule has 0 radical (unpaired) electrons. The van der Waals surface area contributed by atoms with Gasteiger partial charge in [0.05, 0.1) is 25.7 Å². The monoisotopic (exact) mass is 423 g/mol. The Morgan fingerprint density at radius 2 is 1.83 bits per heavy atom. The van der Waals surface area contributed by atoms with Crippen molar-refractivity contribution < 1.29 is 19.1 Å². The van der Waals surface area contributed by atoms with Crippen LogP contribution in [0.2, 0.25) is 0 Å². The third-order valence-corrected chi connectivity index (χ3v) is 7.07. The first kappa shape index (κ1) is 21.8. The number of nitrogens with zero attached hydrogens (tertiary/aromatic N) is 4. The number of piperidine rings is 1. The van der Waals surface area contributed by atoms with Gasteiger partial charge in [0.1, 0.15) is 5.60 Å². The minimum atomic E-state index is -0.419. The lowest BCUT2D eigenvalue weighted by Crippen LogP contribution is -2.50. The number of nitrogens with one attached hydrogen (secondary N) is 1. The molecule has 1 unspecified atom stereocenters. The van der Waals surface area contributed by atoms with Crippen LogP contribution in [0.3, 0.4) is 0 Å². The van der Waals surface area contributed by atoms with E-state index in [0.717, 1.165) is 71.7 Å². The number of amides is 2. The summed E-state index contributed by atoms with van der Waals surface area (Å²) in [5, 5.41) is 3.27. The van der Waals surface area contributed by atoms with Crippen LogP contribution in [0.4, 0.5) is 4.79 Å². The molecule has 2 amide bonds. The molecular formula is C21H37N5O4. The molecule has 9 heteroatoms. The normalized spacial score (nSPS) is 28.2. The predicted molar refractivity (Wildman–Crippen MR) is 112 cm³/mol. The third-order valence-electron chi connectivity index (χ3n) is 7.07. The molecule has 4 saturated heterocycles. The second kappa shape index (κ2) is 9.80. The Hall–Kier alpha value is -1.42. The first-order chi connectivity index (χ1) is 14.6. The van der Waals surface area contributed by atoms with Gasteiger partial charge >= 0.3 is 6.09 Å². The van der Waals surface area contributed by atoms with Gasteiger partial charge in [-0.25, -0.2) is 4.79 Å². The number of hydrogen-bond acceptors (Lipinski definition) is 7. The van der Waals surface area contributed by atoms with E-state index in [1.807, 2.05) is 9.80 Å². The summed E-state index contributed by atoms with van der Waals surface area (Å²) in [6.45, 7) is 13.5. The van der Waals surface area contributed by atoms with Crippen LogP contribution in [0.5, 0.6) is 0 Å². The van der Waals surface area contributed by atoms with Crippen LogP contribution < -0.4 is 5.32 Å². The molecule has 0 saturated carbocycles. The van der Waals surface area contributed by atoms with E-state index in [9.17, 15) is 9.59 Å². The third kappa shape index (κ3) is 5.25. The fourth-order valence-corrected chi connectivity index (χ4v) is 4.95. The Kier molecular flexibility index (Phi) is 7.12. The van der Waals surface area contributed by atoms with Gasteiger partial charge in [0.15, 0.2) is 0 Å². The molecular weight excluding hydrogens is 386 g/mol. The number of morpholine rings is 1. The first-order valence-electron chi connectivity index (χ1n) is 11.6. The smallest absolute Gasteiger partial charge is 0.410 e. The molecule has 9 nitrogen and oxygen atoms in total. The maximum Gasteiger partial charge on any atom is 0.410 e. The van der Waals surface area contributed by atoms with Crippen molar-refractivity contribution in [1.82, 2.24) is 24.9 Å². The molecule has 4 rings (SSSR count). The summed E-state index contributed by atoms with van der Waals surface area (Å²) >= 11 is 0. The Bertz CT molecular complexity index is 596. The van der Waals surface area contributed by atoms with Crippen molar-refractivity contribution in [3.63, 3.8) is 0 Å². The van der Waals surface area contributed by atoms with Crippen molar-refractivity contribution in [1.29, 1.82) is 0 Å². The van der Waals surface area contributed by atoms with Gasteiger partial charge in [-0.1, -0.05) is 6.92 Å². The fourth-order valence-electron chi connectivity index (χ4n) is 4.95. The highest BCUT2D eigenvalue weighted by atomic mass is 16.6. The van der Waals surface area contributed by atoms with E-state index in [2.05, 4.69) is 22.0 Å². The minimum absolute atomic E-state index is 0.0267. The van der Waals surface area contributed by atoms with Crippen molar-refractivity contribution >= 4 is 12.0 Å². The standard InChI is InChI=1S/C21H37N5O4/c1-2-23-8-10-24(11-9-23)12-13-26-17-21(30-20(26)28)3-6-25(7-4-21)19(27)15-18-16-22-5-14-29-18/h18,22H,2-17H2,1H3. The van der Waals surface area contributed by atoms with Gasteiger partial charge in [-0.2, -0.15) is 0 Å². The summed E-state index contributed by atoms with van der Waals surface area (Å²) in [5.41, 5.74) is -0.419. The Labute approximate surface area is 179 Å². The second-order valence-corrected chi connectivity index (χ2v) is 9.03. The quantitative estimate of drug-likeness (QED) is 0.635. The van der Waals surface area contributed by atoms with Crippen molar-refractivity contribution in [2.24, 2.45) is 0 Å². The van der Waals surface area contributed by atoms with E-state index in [0.29, 0.717) is 32.7 Å². The molecule has 4 aliphatic rings. The number of ether oxygens (including phenoxy) is 2. The molecule has 0 bridgehead atoms. The molecule has 0 aliphatic carbocycles. The van der Waals surface area contributed by atoms with E-state index in [1.165, 1.54) is 0 Å². The fraction of sp³-hybridized carbons (Fsp3) is 0.905. The molecule has 0 aromatic carbocycles. The SMILES string of the molecule is CCN1CCN(CCN2CC3(CCN(C(=O)CC4CNCCO4)CC3)OC2=O)CC1. The lowest BCUT2D eigenvalue weighted by atomic mass is 9.91. The summed E-state index contributed by atoms with van der Waals surface area (Å²) in [6.07, 6.45) is 1.65. The number of rotatable bonds is 6. The number of hydrogen-bond donors (Lipinski definition) is 1. The summed E-state index contributed by atoms with van der Waals surface area (Å²) < 4.78 is 11.5. The summed E-state index contributed by atoms with van der Waals surface area (Å²) in [7, 11) is 0. The Morgan fingerprint density at radius 1 is 1.10 bits per heavy atom. The highest BCUT2D eigenvalue weighted by Gasteiger charge is 2.47. The van der Waals surface area contributed by atoms with Gasteiger partial charge in [0, 0.05) is 78.3 Å². The first-order valence-corrected chi connectivity index (χ1v) is 11.6. The molecule has 30 heavy (non-hydrogen) atoms. The zero-order valence-corrected chi connectivity index (χ0v) is 18.3. The van der Waals surface area contributed by atoms with Crippen LogP contribution in [-0.2, 0) is 14.3 Å². The highest BCUT2D eigenvalue weighted by Crippen LogP contribution is 2.33. The van der Waals surface area contributed by atoms with Crippen LogP contribution in [0.15, 0.2) is 0 Å². The maximum absolute atomic E-state index is 12.6. The molecule has 1 spiro atoms. The summed E-state index contributed by atoms with van der Waals surface area (Å²) in [6, 6.07) is 0. The van der Waals surface area contributed by atoms with E-state index < -0.39 is 5.60 Å². The molecule has 0 aromatic heterocycles. The topological polar surface area (TPSA) is 77.6 Å². The van der Waals surface area contributed by atoms with Gasteiger partial charge < -0.3 is 29.5 Å². The average molecular weight is 424 g/mol. The average Bonchev–Trinajstić information content (AvgIpc) is 3.08. The van der Waals surface area contributed by atoms with Gasteiger partial charge in [-0.3, -0.25) is 9.69 Å².